The second-order valence-corrected chi connectivity index (χ2v) is 11.3. The Balaban J connectivity index is 0.000000280. The molecule has 4 aromatic rings. The maximum atomic E-state index is 11.8. The number of carbonyl (C=O) groups excluding carboxylic acids is 2. The molecule has 41 heavy (non-hydrogen) atoms. The van der Waals surface area contributed by atoms with Crippen LogP contribution < -0.4 is 21.1 Å². The van der Waals surface area contributed by atoms with Gasteiger partial charge in [0.2, 0.25) is 0 Å². The summed E-state index contributed by atoms with van der Waals surface area (Å²) >= 11 is 12.9. The van der Waals surface area contributed by atoms with Crippen LogP contribution in [0.25, 0.3) is 0 Å². The van der Waals surface area contributed by atoms with E-state index < -0.39 is 0 Å². The smallest absolute Gasteiger partial charge is 0.871 e. The summed E-state index contributed by atoms with van der Waals surface area (Å²) in [7, 11) is 0. The molecule has 211 valence electrons. The quantitative estimate of drug-likeness (QED) is 0.180. The maximum absolute atomic E-state index is 11.8. The molecule has 0 aliphatic heterocycles. The van der Waals surface area contributed by atoms with Gasteiger partial charge in [-0.05, 0) is 59.7 Å². The molecule has 0 fully saturated rings. The van der Waals surface area contributed by atoms with E-state index in [9.17, 15) is 19.8 Å². The molecule has 0 heterocycles. The van der Waals surface area contributed by atoms with Gasteiger partial charge in [-0.25, -0.2) is 10.9 Å². The zero-order valence-corrected chi connectivity index (χ0v) is 28.0. The number of carbonyl (C=O) groups is 2. The van der Waals surface area contributed by atoms with Crippen molar-refractivity contribution in [3.05, 3.63) is 125 Å². The van der Waals surface area contributed by atoms with E-state index in [1.54, 1.807) is 72.8 Å². The van der Waals surface area contributed by atoms with Crippen LogP contribution >= 0.6 is 63.7 Å². The number of nitrogens with zero attached hydrogens (tertiary/aromatic N) is 2. The first-order valence-electron chi connectivity index (χ1n) is 11.2. The van der Waals surface area contributed by atoms with Crippen LogP contribution in [0.4, 0.5) is 0 Å². The third-order valence-electron chi connectivity index (χ3n) is 4.89. The van der Waals surface area contributed by atoms with Crippen molar-refractivity contribution >= 4 is 88.0 Å². The van der Waals surface area contributed by atoms with Crippen LogP contribution in [-0.2, 0) is 16.8 Å². The van der Waals surface area contributed by atoms with Gasteiger partial charge in [-0.1, -0.05) is 112 Å². The molecule has 0 saturated heterocycles. The van der Waals surface area contributed by atoms with Crippen molar-refractivity contribution in [3.63, 3.8) is 0 Å². The Morgan fingerprint density at radius 1 is 0.610 bits per heavy atom. The molecule has 0 aliphatic carbocycles. The minimum Gasteiger partial charge on any atom is -0.871 e. The third-order valence-corrected chi connectivity index (χ3v) is 6.98. The molecule has 8 nitrogen and oxygen atoms in total. The molecule has 13 heteroatoms. The van der Waals surface area contributed by atoms with Crippen LogP contribution in [0.15, 0.2) is 113 Å². The second-order valence-electron chi connectivity index (χ2n) is 7.74. The van der Waals surface area contributed by atoms with E-state index in [-0.39, 0.29) is 40.1 Å². The molecule has 4 rings (SSSR count). The van der Waals surface area contributed by atoms with Gasteiger partial charge in [-0.3, -0.25) is 9.59 Å². The number of hydrazone groups is 2. The van der Waals surface area contributed by atoms with Gasteiger partial charge in [0.25, 0.3) is 11.8 Å². The Hall–Kier alpha value is -2.81. The number of rotatable bonds is 6. The van der Waals surface area contributed by atoms with Crippen LogP contribution in [0.3, 0.4) is 0 Å². The van der Waals surface area contributed by atoms with E-state index in [1.807, 2.05) is 12.1 Å². The SMILES string of the molecule is O=C(N/N=C/c1cc(Br)cc(Br)c1[O-])c1ccccc1.O=C(N/N=C/c1cc(Br)cc(Br)c1[O-])c1ccccc1.[Co+2]. The first-order valence-corrected chi connectivity index (χ1v) is 14.4. The summed E-state index contributed by atoms with van der Waals surface area (Å²) in [6.45, 7) is 0. The van der Waals surface area contributed by atoms with E-state index in [1.165, 1.54) is 12.4 Å². The Morgan fingerprint density at radius 2 is 0.951 bits per heavy atom. The topological polar surface area (TPSA) is 129 Å². The van der Waals surface area contributed by atoms with Crippen molar-refractivity contribution in [2.24, 2.45) is 10.2 Å². The van der Waals surface area contributed by atoms with Crippen LogP contribution in [0.5, 0.6) is 11.5 Å². The largest absolute Gasteiger partial charge is 2.00 e. The standard InChI is InChI=1S/2C14H10Br2N2O2.Co/c2*15-11-6-10(13(19)12(16)7-11)8-17-18-14(20)9-4-2-1-3-5-9;/h2*1-8,19H,(H,18,20);/q;;+2/p-2/b2*17-8+;. The molecular weight excluding hydrogens is 835 g/mol. The fraction of sp³-hybridized carbons (Fsp3) is 0. The zero-order chi connectivity index (χ0) is 29.1. The zero-order valence-electron chi connectivity index (χ0n) is 20.6. The van der Waals surface area contributed by atoms with Crippen LogP contribution in [0.2, 0.25) is 0 Å². The third kappa shape index (κ3) is 10.8. The molecule has 0 saturated carbocycles. The van der Waals surface area contributed by atoms with Gasteiger partial charge in [-0.2, -0.15) is 10.2 Å². The Labute approximate surface area is 280 Å². The predicted molar refractivity (Wildman–Crippen MR) is 166 cm³/mol. The molecule has 2 amide bonds. The number of hydrogen-bond acceptors (Lipinski definition) is 6. The van der Waals surface area contributed by atoms with Crippen molar-refractivity contribution in [1.82, 2.24) is 10.9 Å². The van der Waals surface area contributed by atoms with Gasteiger partial charge < -0.3 is 10.2 Å². The number of amides is 2. The number of hydrogen-bond donors (Lipinski definition) is 2. The van der Waals surface area contributed by atoms with Gasteiger partial charge in [0.15, 0.2) is 0 Å². The Bertz CT molecular complexity index is 1440. The fourth-order valence-electron chi connectivity index (χ4n) is 2.98. The van der Waals surface area contributed by atoms with E-state index in [0.717, 1.165) is 8.95 Å². The summed E-state index contributed by atoms with van der Waals surface area (Å²) in [5.41, 5.74) is 6.50. The van der Waals surface area contributed by atoms with Crippen LogP contribution in [0.1, 0.15) is 31.8 Å². The average molecular weight is 853 g/mol. The molecule has 0 atom stereocenters. The van der Waals surface area contributed by atoms with Gasteiger partial charge in [0.05, 0.1) is 12.4 Å². The summed E-state index contributed by atoms with van der Waals surface area (Å²) in [6.07, 6.45) is 2.64. The van der Waals surface area contributed by atoms with Crippen LogP contribution in [0, 0.1) is 0 Å². The van der Waals surface area contributed by atoms with E-state index >= 15 is 0 Å². The average Bonchev–Trinajstić information content (AvgIpc) is 2.95. The Morgan fingerprint density at radius 3 is 1.29 bits per heavy atom. The maximum Gasteiger partial charge on any atom is 2.00 e. The van der Waals surface area contributed by atoms with E-state index in [4.69, 9.17) is 0 Å². The molecular formula is C28H18Br4CoN4O4. The van der Waals surface area contributed by atoms with Crippen molar-refractivity contribution in [3.8, 4) is 11.5 Å². The summed E-state index contributed by atoms with van der Waals surface area (Å²) < 4.78 is 2.37. The number of benzene rings is 4. The first kappa shape index (κ1) is 34.4. The van der Waals surface area contributed by atoms with Gasteiger partial charge >= 0.3 is 16.8 Å². The molecule has 0 bridgehead atoms. The molecule has 0 aromatic heterocycles. The normalized spacial score (nSPS) is 10.4. The molecule has 0 unspecified atom stereocenters. The summed E-state index contributed by atoms with van der Waals surface area (Å²) in [6, 6.07) is 24.0. The summed E-state index contributed by atoms with van der Waals surface area (Å²) in [5.74, 6) is -1.04. The van der Waals surface area contributed by atoms with Crippen molar-refractivity contribution in [2.75, 3.05) is 0 Å². The van der Waals surface area contributed by atoms with Crippen LogP contribution in [-0.4, -0.2) is 24.2 Å². The minimum absolute atomic E-state index is 0. The van der Waals surface area contributed by atoms with Gasteiger partial charge in [-0.15, -0.1) is 0 Å². The number of halogens is 4. The van der Waals surface area contributed by atoms with E-state index in [0.29, 0.717) is 31.2 Å². The fourth-order valence-corrected chi connectivity index (χ4v) is 5.50. The minimum atomic E-state index is -0.330. The molecule has 1 radical (unpaired) electrons. The number of nitrogens with one attached hydrogen (secondary N) is 2. The summed E-state index contributed by atoms with van der Waals surface area (Å²) in [4.78, 5) is 23.5. The van der Waals surface area contributed by atoms with Crippen molar-refractivity contribution < 1.29 is 36.6 Å². The van der Waals surface area contributed by atoms with Gasteiger partial charge in [0.1, 0.15) is 0 Å². The van der Waals surface area contributed by atoms with Crippen molar-refractivity contribution in [2.45, 2.75) is 0 Å². The monoisotopic (exact) mass is 849 g/mol. The van der Waals surface area contributed by atoms with Crippen molar-refractivity contribution in [1.29, 1.82) is 0 Å². The molecule has 0 spiro atoms. The van der Waals surface area contributed by atoms with E-state index in [2.05, 4.69) is 84.8 Å². The molecule has 4 aromatic carbocycles. The summed E-state index contributed by atoms with van der Waals surface area (Å²) in [5, 5.41) is 31.2. The first-order chi connectivity index (χ1) is 19.2. The second kappa shape index (κ2) is 17.2. The predicted octanol–water partition coefficient (Wildman–Crippen LogP) is 6.10. The van der Waals surface area contributed by atoms with Gasteiger partial charge in [0, 0.05) is 29.0 Å². The Kier molecular flexibility index (Phi) is 14.4. The molecule has 2 N–H and O–H groups in total. The molecule has 0 aliphatic rings.